The van der Waals surface area contributed by atoms with Crippen molar-refractivity contribution in [1.82, 2.24) is 4.90 Å². The highest BCUT2D eigenvalue weighted by Gasteiger charge is 2.27. The monoisotopic (exact) mass is 313 g/mol. The lowest BCUT2D eigenvalue weighted by Gasteiger charge is -2.30. The van der Waals surface area contributed by atoms with Crippen molar-refractivity contribution in [2.45, 2.75) is 12.8 Å². The van der Waals surface area contributed by atoms with Gasteiger partial charge >= 0.3 is 5.97 Å². The number of carboxylic acids is 1. The Balaban J connectivity index is 1.60. The van der Waals surface area contributed by atoms with Crippen LogP contribution >= 0.6 is 0 Å². The molecule has 23 heavy (non-hydrogen) atoms. The fourth-order valence-corrected chi connectivity index (χ4v) is 2.93. The summed E-state index contributed by atoms with van der Waals surface area (Å²) in [7, 11) is 0. The Morgan fingerprint density at radius 1 is 1.09 bits per heavy atom. The second-order valence-corrected chi connectivity index (χ2v) is 5.76. The van der Waals surface area contributed by atoms with E-state index in [1.807, 2.05) is 42.5 Å². The van der Waals surface area contributed by atoms with Crippen LogP contribution in [0.3, 0.4) is 0 Å². The summed E-state index contributed by atoms with van der Waals surface area (Å²) in [6.45, 7) is 0.940. The van der Waals surface area contributed by atoms with E-state index in [1.54, 1.807) is 4.90 Å². The van der Waals surface area contributed by atoms with Crippen LogP contribution in [0, 0.1) is 5.92 Å². The molecule has 1 saturated heterocycles. The molecule has 0 spiro atoms. The first kappa shape index (κ1) is 15.3. The van der Waals surface area contributed by atoms with Crippen LogP contribution in [0.2, 0.25) is 0 Å². The number of carbonyl (C=O) groups is 2. The molecule has 3 rings (SSSR count). The van der Waals surface area contributed by atoms with E-state index in [-0.39, 0.29) is 18.4 Å². The minimum Gasteiger partial charge on any atom is -0.483 e. The predicted molar refractivity (Wildman–Crippen MR) is 86.4 cm³/mol. The molecule has 0 atom stereocenters. The van der Waals surface area contributed by atoms with Gasteiger partial charge < -0.3 is 14.7 Å². The summed E-state index contributed by atoms with van der Waals surface area (Å²) >= 11 is 0. The van der Waals surface area contributed by atoms with Crippen LogP contribution in [0.5, 0.6) is 5.75 Å². The van der Waals surface area contributed by atoms with Crippen LogP contribution in [0.4, 0.5) is 0 Å². The summed E-state index contributed by atoms with van der Waals surface area (Å²) < 4.78 is 5.70. The molecule has 1 aliphatic heterocycles. The zero-order chi connectivity index (χ0) is 16.2. The molecule has 1 aliphatic rings. The summed E-state index contributed by atoms with van der Waals surface area (Å²) in [5.74, 6) is -0.513. The molecule has 5 nitrogen and oxygen atoms in total. The van der Waals surface area contributed by atoms with E-state index >= 15 is 0 Å². The molecule has 2 aromatic rings. The molecule has 5 heteroatoms. The fourth-order valence-electron chi connectivity index (χ4n) is 2.93. The molecular weight excluding hydrogens is 294 g/mol. The molecule has 0 bridgehead atoms. The van der Waals surface area contributed by atoms with Gasteiger partial charge in [-0.2, -0.15) is 0 Å². The van der Waals surface area contributed by atoms with E-state index in [2.05, 4.69) is 0 Å². The SMILES string of the molecule is O=C(O)C1CCN(C(=O)COc2cccc3ccccc23)CC1. The Bertz CT molecular complexity index is 715. The fraction of sp³-hybridized carbons (Fsp3) is 0.333. The van der Waals surface area contributed by atoms with Crippen LogP contribution in [0.25, 0.3) is 10.8 Å². The molecule has 1 fully saturated rings. The molecule has 2 aromatic carbocycles. The molecule has 0 radical (unpaired) electrons. The van der Waals surface area contributed by atoms with Gasteiger partial charge in [-0.25, -0.2) is 0 Å². The first-order valence-corrected chi connectivity index (χ1v) is 7.76. The van der Waals surface area contributed by atoms with Gasteiger partial charge in [-0.3, -0.25) is 9.59 Å². The molecule has 0 aromatic heterocycles. The van der Waals surface area contributed by atoms with Crippen LogP contribution in [0.15, 0.2) is 42.5 Å². The van der Waals surface area contributed by atoms with E-state index < -0.39 is 5.97 Å². The number of ether oxygens (including phenoxy) is 1. The van der Waals surface area contributed by atoms with E-state index in [0.29, 0.717) is 31.7 Å². The second-order valence-electron chi connectivity index (χ2n) is 5.76. The average Bonchev–Trinajstić information content (AvgIpc) is 2.59. The van der Waals surface area contributed by atoms with Gasteiger partial charge in [0.2, 0.25) is 0 Å². The molecule has 0 unspecified atom stereocenters. The van der Waals surface area contributed by atoms with Gasteiger partial charge in [-0.15, -0.1) is 0 Å². The molecule has 1 heterocycles. The summed E-state index contributed by atoms with van der Waals surface area (Å²) in [6, 6.07) is 13.6. The third-order valence-electron chi connectivity index (χ3n) is 4.30. The van der Waals surface area contributed by atoms with Crippen LogP contribution in [-0.2, 0) is 9.59 Å². The lowest BCUT2D eigenvalue weighted by Crippen LogP contribution is -2.42. The Hall–Kier alpha value is -2.56. The maximum Gasteiger partial charge on any atom is 0.306 e. The highest BCUT2D eigenvalue weighted by molar-refractivity contribution is 5.88. The van der Waals surface area contributed by atoms with Crippen molar-refractivity contribution in [2.24, 2.45) is 5.92 Å². The molecule has 1 amide bonds. The lowest BCUT2D eigenvalue weighted by molar-refractivity contribution is -0.146. The van der Waals surface area contributed by atoms with E-state index in [9.17, 15) is 9.59 Å². The predicted octanol–water partition coefficient (Wildman–Crippen LogP) is 2.54. The van der Waals surface area contributed by atoms with Gasteiger partial charge in [-0.1, -0.05) is 36.4 Å². The number of amides is 1. The van der Waals surface area contributed by atoms with Crippen molar-refractivity contribution in [3.8, 4) is 5.75 Å². The smallest absolute Gasteiger partial charge is 0.306 e. The number of fused-ring (bicyclic) bond motifs is 1. The highest BCUT2D eigenvalue weighted by atomic mass is 16.5. The Labute approximate surface area is 134 Å². The molecular formula is C18H19NO4. The second kappa shape index (κ2) is 6.69. The standard InChI is InChI=1S/C18H19NO4/c20-17(19-10-8-14(9-11-19)18(21)22)12-23-16-7-3-5-13-4-1-2-6-15(13)16/h1-7,14H,8-12H2,(H,21,22). The van der Waals surface area contributed by atoms with Gasteiger partial charge in [0, 0.05) is 18.5 Å². The topological polar surface area (TPSA) is 66.8 Å². The van der Waals surface area contributed by atoms with Crippen molar-refractivity contribution in [3.05, 3.63) is 42.5 Å². The Kier molecular flexibility index (Phi) is 4.46. The van der Waals surface area contributed by atoms with E-state index in [1.165, 1.54) is 0 Å². The number of rotatable bonds is 4. The van der Waals surface area contributed by atoms with Crippen molar-refractivity contribution in [2.75, 3.05) is 19.7 Å². The van der Waals surface area contributed by atoms with Gasteiger partial charge in [0.25, 0.3) is 5.91 Å². The number of piperidine rings is 1. The summed E-state index contributed by atoms with van der Waals surface area (Å²) in [6.07, 6.45) is 1.02. The lowest BCUT2D eigenvalue weighted by atomic mass is 9.97. The van der Waals surface area contributed by atoms with Gasteiger partial charge in [0.15, 0.2) is 6.61 Å². The molecule has 1 N–H and O–H groups in total. The number of hydrogen-bond donors (Lipinski definition) is 1. The zero-order valence-corrected chi connectivity index (χ0v) is 12.8. The number of benzene rings is 2. The zero-order valence-electron chi connectivity index (χ0n) is 12.8. The number of hydrogen-bond acceptors (Lipinski definition) is 3. The maximum atomic E-state index is 12.2. The Morgan fingerprint density at radius 2 is 1.78 bits per heavy atom. The first-order valence-electron chi connectivity index (χ1n) is 7.76. The van der Waals surface area contributed by atoms with Crippen molar-refractivity contribution < 1.29 is 19.4 Å². The third-order valence-corrected chi connectivity index (χ3v) is 4.30. The third kappa shape index (κ3) is 3.44. The van der Waals surface area contributed by atoms with Gasteiger partial charge in [0.05, 0.1) is 5.92 Å². The average molecular weight is 313 g/mol. The van der Waals surface area contributed by atoms with Crippen LogP contribution in [-0.4, -0.2) is 41.6 Å². The normalized spacial score (nSPS) is 15.6. The first-order chi connectivity index (χ1) is 11.1. The summed E-state index contributed by atoms with van der Waals surface area (Å²) in [4.78, 5) is 24.9. The van der Waals surface area contributed by atoms with E-state index in [0.717, 1.165) is 10.8 Å². The number of carbonyl (C=O) groups excluding carboxylic acids is 1. The Morgan fingerprint density at radius 3 is 2.52 bits per heavy atom. The molecule has 120 valence electrons. The van der Waals surface area contributed by atoms with Gasteiger partial charge in [0.1, 0.15) is 5.75 Å². The maximum absolute atomic E-state index is 12.2. The summed E-state index contributed by atoms with van der Waals surface area (Å²) in [5.41, 5.74) is 0. The minimum absolute atomic E-state index is 0.0221. The number of aliphatic carboxylic acids is 1. The number of nitrogens with zero attached hydrogens (tertiary/aromatic N) is 1. The largest absolute Gasteiger partial charge is 0.483 e. The van der Waals surface area contributed by atoms with Crippen LogP contribution in [0.1, 0.15) is 12.8 Å². The summed E-state index contributed by atoms with van der Waals surface area (Å²) in [5, 5.41) is 11.0. The van der Waals surface area contributed by atoms with Crippen LogP contribution < -0.4 is 4.74 Å². The number of carboxylic acid groups (broad SMARTS) is 1. The quantitative estimate of drug-likeness (QED) is 0.942. The minimum atomic E-state index is -0.774. The molecule has 0 saturated carbocycles. The molecule has 0 aliphatic carbocycles. The van der Waals surface area contributed by atoms with Crippen molar-refractivity contribution in [1.29, 1.82) is 0 Å². The van der Waals surface area contributed by atoms with Gasteiger partial charge in [-0.05, 0) is 24.3 Å². The highest BCUT2D eigenvalue weighted by Crippen LogP contribution is 2.25. The van der Waals surface area contributed by atoms with E-state index in [4.69, 9.17) is 9.84 Å². The number of likely N-dealkylation sites (tertiary alicyclic amines) is 1. The van der Waals surface area contributed by atoms with Crippen molar-refractivity contribution in [3.63, 3.8) is 0 Å². The van der Waals surface area contributed by atoms with Crippen molar-refractivity contribution >= 4 is 22.6 Å².